The third-order valence-electron chi connectivity index (χ3n) is 12.4. The fourth-order valence-electron chi connectivity index (χ4n) is 8.13. The van der Waals surface area contributed by atoms with Gasteiger partial charge in [0.1, 0.15) is 6.61 Å². The van der Waals surface area contributed by atoms with Crippen LogP contribution in [-0.2, 0) is 19.1 Å². The Balaban J connectivity index is 3.47. The number of allylic oxidation sites excluding steroid dienone is 16. The maximum absolute atomic E-state index is 12.3. The summed E-state index contributed by atoms with van der Waals surface area (Å²) in [4.78, 5) is 24.5. The minimum Gasteiger partial charge on any atom is -0.462 e. The van der Waals surface area contributed by atoms with Gasteiger partial charge in [0.15, 0.2) is 6.10 Å². The van der Waals surface area contributed by atoms with Gasteiger partial charge in [-0.2, -0.15) is 0 Å². The van der Waals surface area contributed by atoms with E-state index in [2.05, 4.69) is 111 Å². The number of aliphatic hydroxyl groups is 1. The van der Waals surface area contributed by atoms with Crippen LogP contribution in [0.2, 0.25) is 0 Å². The van der Waals surface area contributed by atoms with Crippen LogP contribution in [0.3, 0.4) is 0 Å². The predicted molar refractivity (Wildman–Crippen MR) is 297 cm³/mol. The largest absolute Gasteiger partial charge is 0.462 e. The lowest BCUT2D eigenvalue weighted by Gasteiger charge is -2.15. The minimum atomic E-state index is -0.778. The lowest BCUT2D eigenvalue weighted by Crippen LogP contribution is -2.28. The Hall–Kier alpha value is -3.18. The highest BCUT2D eigenvalue weighted by atomic mass is 16.6. The van der Waals surface area contributed by atoms with Crippen molar-refractivity contribution in [3.63, 3.8) is 0 Å². The van der Waals surface area contributed by atoms with Gasteiger partial charge in [-0.25, -0.2) is 0 Å². The van der Waals surface area contributed by atoms with Crippen molar-refractivity contribution in [1.29, 1.82) is 0 Å². The van der Waals surface area contributed by atoms with Crippen molar-refractivity contribution in [2.45, 2.75) is 277 Å². The zero-order valence-corrected chi connectivity index (χ0v) is 44.6. The van der Waals surface area contributed by atoms with Gasteiger partial charge in [0, 0.05) is 12.8 Å². The van der Waals surface area contributed by atoms with E-state index in [0.29, 0.717) is 12.8 Å². The number of rotatable bonds is 52. The molecule has 0 aromatic heterocycles. The van der Waals surface area contributed by atoms with E-state index in [-0.39, 0.29) is 25.2 Å². The molecule has 1 atom stereocenters. The summed E-state index contributed by atoms with van der Waals surface area (Å²) in [6, 6.07) is 0. The average molecular weight is 946 g/mol. The van der Waals surface area contributed by atoms with Gasteiger partial charge in [0.2, 0.25) is 0 Å². The highest BCUT2D eigenvalue weighted by molar-refractivity contribution is 5.70. The molecule has 0 bridgehead atoms. The first-order valence-corrected chi connectivity index (χ1v) is 28.8. The minimum absolute atomic E-state index is 0.0700. The second kappa shape index (κ2) is 58.1. The van der Waals surface area contributed by atoms with Crippen molar-refractivity contribution in [2.75, 3.05) is 13.2 Å². The maximum atomic E-state index is 12.3. The van der Waals surface area contributed by atoms with Gasteiger partial charge in [-0.15, -0.1) is 0 Å². The maximum Gasteiger partial charge on any atom is 0.306 e. The monoisotopic (exact) mass is 945 g/mol. The SMILES string of the molecule is CC/C=C\C/C=C\C/C=C\C/C=C\CCCCCCCCCCCCCCCCCCCCC(=O)OC(CO)COC(=O)CCCCCCCCCCCC/C=C\C/C=C\C/C=C\C/C=C\CC. The van der Waals surface area contributed by atoms with E-state index in [0.717, 1.165) is 89.9 Å². The normalized spacial score (nSPS) is 12.9. The molecule has 0 fully saturated rings. The molecule has 5 nitrogen and oxygen atoms in total. The molecule has 0 spiro atoms. The van der Waals surface area contributed by atoms with Gasteiger partial charge in [-0.3, -0.25) is 9.59 Å². The third-order valence-corrected chi connectivity index (χ3v) is 12.4. The quantitative estimate of drug-likeness (QED) is 0.0374. The summed E-state index contributed by atoms with van der Waals surface area (Å²) in [6.07, 6.45) is 82.4. The summed E-state index contributed by atoms with van der Waals surface area (Å²) in [5.41, 5.74) is 0. The molecule has 0 aliphatic rings. The van der Waals surface area contributed by atoms with E-state index in [4.69, 9.17) is 9.47 Å². The fraction of sp³-hybridized carbons (Fsp3) is 0.714. The van der Waals surface area contributed by atoms with Crippen LogP contribution < -0.4 is 0 Å². The highest BCUT2D eigenvalue weighted by Crippen LogP contribution is 2.16. The second-order valence-electron chi connectivity index (χ2n) is 19.0. The van der Waals surface area contributed by atoms with Crippen LogP contribution >= 0.6 is 0 Å². The first-order valence-electron chi connectivity index (χ1n) is 28.8. The van der Waals surface area contributed by atoms with E-state index >= 15 is 0 Å². The molecule has 1 unspecified atom stereocenters. The van der Waals surface area contributed by atoms with Gasteiger partial charge in [-0.05, 0) is 89.9 Å². The Morgan fingerprint density at radius 3 is 0.882 bits per heavy atom. The molecule has 0 aromatic rings. The number of carbonyl (C=O) groups is 2. The van der Waals surface area contributed by atoms with Gasteiger partial charge in [-0.1, -0.05) is 265 Å². The Morgan fingerprint density at radius 1 is 0.338 bits per heavy atom. The smallest absolute Gasteiger partial charge is 0.306 e. The topological polar surface area (TPSA) is 72.8 Å². The summed E-state index contributed by atoms with van der Waals surface area (Å²) in [7, 11) is 0. The van der Waals surface area contributed by atoms with Crippen molar-refractivity contribution >= 4 is 11.9 Å². The molecule has 0 heterocycles. The summed E-state index contributed by atoms with van der Waals surface area (Å²) < 4.78 is 10.7. The Morgan fingerprint density at radius 2 is 0.588 bits per heavy atom. The van der Waals surface area contributed by atoms with Crippen LogP contribution in [0.4, 0.5) is 0 Å². The lowest BCUT2D eigenvalue weighted by atomic mass is 10.0. The van der Waals surface area contributed by atoms with Crippen LogP contribution in [0.1, 0.15) is 271 Å². The molecule has 0 aromatic carbocycles. The Labute approximate surface area is 421 Å². The van der Waals surface area contributed by atoms with Crippen molar-refractivity contribution in [3.8, 4) is 0 Å². The highest BCUT2D eigenvalue weighted by Gasteiger charge is 2.16. The summed E-state index contributed by atoms with van der Waals surface area (Å²) in [6.45, 7) is 3.93. The van der Waals surface area contributed by atoms with Crippen molar-refractivity contribution in [1.82, 2.24) is 0 Å². The summed E-state index contributed by atoms with van der Waals surface area (Å²) in [5.74, 6) is -0.590. The number of aliphatic hydroxyl groups excluding tert-OH is 1. The third kappa shape index (κ3) is 55.4. The molecule has 0 amide bonds. The molecule has 0 rings (SSSR count). The first-order chi connectivity index (χ1) is 33.6. The van der Waals surface area contributed by atoms with Gasteiger partial charge < -0.3 is 14.6 Å². The van der Waals surface area contributed by atoms with Crippen LogP contribution in [0.5, 0.6) is 0 Å². The van der Waals surface area contributed by atoms with Crippen molar-refractivity contribution < 1.29 is 24.2 Å². The fourth-order valence-corrected chi connectivity index (χ4v) is 8.13. The average Bonchev–Trinajstić information content (AvgIpc) is 3.34. The standard InChI is InChI=1S/C63H108O5/c1-3-5-7-9-11-13-15-17-19-21-23-25-27-28-29-30-31-32-33-34-36-38-40-42-44-46-48-50-52-54-56-58-63(66)68-61(59-64)60-67-62(65)57-55-53-51-49-47-45-43-41-39-37-35-26-24-22-20-18-16-14-12-10-8-6-4-2/h5-8,11-14,17-20,23-26,61,64H,3-4,9-10,15-16,21-22,27-60H2,1-2H3/b7-5-,8-6-,13-11-,14-12-,19-17-,20-18-,25-23-,26-24-. The number of unbranched alkanes of at least 4 members (excludes halogenated alkanes) is 28. The first kappa shape index (κ1) is 64.8. The van der Waals surface area contributed by atoms with E-state index in [1.165, 1.54) is 154 Å². The number of esters is 2. The van der Waals surface area contributed by atoms with E-state index in [1.807, 2.05) is 0 Å². The molecule has 0 radical (unpaired) electrons. The summed E-state index contributed by atoms with van der Waals surface area (Å²) in [5, 5.41) is 9.66. The van der Waals surface area contributed by atoms with Crippen LogP contribution in [0, 0.1) is 0 Å². The molecular formula is C63H108O5. The van der Waals surface area contributed by atoms with Crippen LogP contribution in [0.25, 0.3) is 0 Å². The van der Waals surface area contributed by atoms with Gasteiger partial charge in [0.25, 0.3) is 0 Å². The van der Waals surface area contributed by atoms with E-state index in [1.54, 1.807) is 0 Å². The predicted octanol–water partition coefficient (Wildman–Crippen LogP) is 19.5. The van der Waals surface area contributed by atoms with Gasteiger partial charge >= 0.3 is 11.9 Å². The molecule has 0 aliphatic carbocycles. The number of hydrogen-bond acceptors (Lipinski definition) is 5. The van der Waals surface area contributed by atoms with Crippen molar-refractivity contribution in [3.05, 3.63) is 97.2 Å². The van der Waals surface area contributed by atoms with Crippen molar-refractivity contribution in [2.24, 2.45) is 0 Å². The van der Waals surface area contributed by atoms with Gasteiger partial charge in [0.05, 0.1) is 6.61 Å². The lowest BCUT2D eigenvalue weighted by molar-refractivity contribution is -0.161. The molecule has 0 saturated heterocycles. The van der Waals surface area contributed by atoms with Crippen LogP contribution in [0.15, 0.2) is 97.2 Å². The molecule has 0 saturated carbocycles. The van der Waals surface area contributed by atoms with E-state index in [9.17, 15) is 14.7 Å². The molecular weight excluding hydrogens is 837 g/mol. The number of carbonyl (C=O) groups excluding carboxylic acids is 2. The number of ether oxygens (including phenoxy) is 2. The molecule has 390 valence electrons. The zero-order chi connectivity index (χ0) is 49.2. The van der Waals surface area contributed by atoms with Crippen LogP contribution in [-0.4, -0.2) is 36.4 Å². The Kier molecular flexibility index (Phi) is 55.4. The molecule has 68 heavy (non-hydrogen) atoms. The molecule has 1 N–H and O–H groups in total. The zero-order valence-electron chi connectivity index (χ0n) is 44.6. The summed E-state index contributed by atoms with van der Waals surface area (Å²) >= 11 is 0. The van der Waals surface area contributed by atoms with E-state index < -0.39 is 6.10 Å². The molecule has 5 heteroatoms. The molecule has 0 aliphatic heterocycles. The second-order valence-corrected chi connectivity index (χ2v) is 19.0. The number of hydrogen-bond donors (Lipinski definition) is 1. The Bertz CT molecular complexity index is 1300.